The number of nitrogens with one attached hydrogen (secondary N) is 2. The van der Waals surface area contributed by atoms with Crippen molar-refractivity contribution < 1.29 is 9.59 Å². The highest BCUT2D eigenvalue weighted by Gasteiger charge is 2.21. The molecule has 6 nitrogen and oxygen atoms in total. The summed E-state index contributed by atoms with van der Waals surface area (Å²) in [6.45, 7) is 0.910. The van der Waals surface area contributed by atoms with E-state index in [-0.39, 0.29) is 23.4 Å². The second kappa shape index (κ2) is 9.97. The van der Waals surface area contributed by atoms with Crippen molar-refractivity contribution in [1.29, 1.82) is 0 Å². The van der Waals surface area contributed by atoms with Crippen LogP contribution in [0.4, 0.5) is 0 Å². The molecule has 1 heterocycles. The zero-order valence-electron chi connectivity index (χ0n) is 15.4. The first-order valence-corrected chi connectivity index (χ1v) is 9.17. The molecule has 0 spiro atoms. The molecule has 0 saturated carbocycles. The zero-order chi connectivity index (χ0) is 19.6. The van der Waals surface area contributed by atoms with Gasteiger partial charge in [-0.2, -0.15) is 0 Å². The fourth-order valence-electron chi connectivity index (χ4n) is 2.90. The van der Waals surface area contributed by atoms with Crippen LogP contribution in [0.25, 0.3) is 0 Å². The van der Waals surface area contributed by atoms with E-state index in [1.165, 1.54) is 18.6 Å². The molecule has 3 rings (SSSR count). The summed E-state index contributed by atoms with van der Waals surface area (Å²) in [7, 11) is 0. The van der Waals surface area contributed by atoms with Crippen molar-refractivity contribution in [2.24, 2.45) is 0 Å². The number of rotatable bonds is 8. The van der Waals surface area contributed by atoms with Crippen LogP contribution in [0, 0.1) is 0 Å². The van der Waals surface area contributed by atoms with Gasteiger partial charge in [-0.05, 0) is 17.5 Å². The minimum absolute atomic E-state index is 0.0577. The van der Waals surface area contributed by atoms with E-state index in [0.29, 0.717) is 19.5 Å². The van der Waals surface area contributed by atoms with E-state index in [9.17, 15) is 9.59 Å². The average molecular weight is 374 g/mol. The highest BCUT2D eigenvalue weighted by molar-refractivity contribution is 5.91. The summed E-state index contributed by atoms with van der Waals surface area (Å²) in [6.07, 6.45) is 5.03. The van der Waals surface area contributed by atoms with E-state index in [0.717, 1.165) is 11.1 Å². The van der Waals surface area contributed by atoms with E-state index < -0.39 is 0 Å². The predicted octanol–water partition coefficient (Wildman–Crippen LogP) is 2.54. The van der Waals surface area contributed by atoms with Gasteiger partial charge in [-0.25, -0.2) is 4.98 Å². The fraction of sp³-hybridized carbons (Fsp3) is 0.182. The van der Waals surface area contributed by atoms with Gasteiger partial charge < -0.3 is 10.6 Å². The summed E-state index contributed by atoms with van der Waals surface area (Å²) >= 11 is 0. The Kier molecular flexibility index (Phi) is 6.84. The number of amides is 2. The Morgan fingerprint density at radius 3 is 2.00 bits per heavy atom. The summed E-state index contributed by atoms with van der Waals surface area (Å²) in [5, 5.41) is 5.75. The molecular weight excluding hydrogens is 352 g/mol. The van der Waals surface area contributed by atoms with Crippen molar-refractivity contribution in [2.75, 3.05) is 13.1 Å². The third-order valence-electron chi connectivity index (χ3n) is 4.26. The third-order valence-corrected chi connectivity index (χ3v) is 4.26. The van der Waals surface area contributed by atoms with Gasteiger partial charge in [-0.1, -0.05) is 60.7 Å². The van der Waals surface area contributed by atoms with Crippen LogP contribution in [0.5, 0.6) is 0 Å². The lowest BCUT2D eigenvalue weighted by molar-refractivity contribution is -0.121. The van der Waals surface area contributed by atoms with Crippen molar-refractivity contribution in [3.8, 4) is 0 Å². The van der Waals surface area contributed by atoms with E-state index >= 15 is 0 Å². The standard InChI is InChI=1S/C22H22N4O2/c27-21(19-16-23-14-15-24-19)25-12-7-13-26-22(28)20(17-8-3-1-4-9-17)18-10-5-2-6-11-18/h1-6,8-11,14-16,20H,7,12-13H2,(H,25,27)(H,26,28). The minimum atomic E-state index is -0.364. The molecule has 0 saturated heterocycles. The molecule has 0 atom stereocenters. The maximum atomic E-state index is 12.8. The summed E-state index contributed by atoms with van der Waals surface area (Å²) in [5.74, 6) is -0.694. The van der Waals surface area contributed by atoms with Gasteiger partial charge in [0.05, 0.1) is 12.1 Å². The largest absolute Gasteiger partial charge is 0.355 e. The lowest BCUT2D eigenvalue weighted by atomic mass is 9.90. The van der Waals surface area contributed by atoms with Crippen molar-refractivity contribution >= 4 is 11.8 Å². The lowest BCUT2D eigenvalue weighted by Gasteiger charge is -2.18. The lowest BCUT2D eigenvalue weighted by Crippen LogP contribution is -2.33. The number of hydrogen-bond donors (Lipinski definition) is 2. The van der Waals surface area contributed by atoms with Crippen LogP contribution in [0.15, 0.2) is 79.3 Å². The Hall–Kier alpha value is -3.54. The molecule has 28 heavy (non-hydrogen) atoms. The summed E-state index contributed by atoms with van der Waals surface area (Å²) < 4.78 is 0. The molecule has 0 aliphatic rings. The molecule has 0 radical (unpaired) electrons. The monoisotopic (exact) mass is 374 g/mol. The quantitative estimate of drug-likeness (QED) is 0.594. The second-order valence-electron chi connectivity index (χ2n) is 6.25. The molecule has 2 aromatic carbocycles. The molecule has 1 aromatic heterocycles. The second-order valence-corrected chi connectivity index (χ2v) is 6.25. The Morgan fingerprint density at radius 2 is 1.43 bits per heavy atom. The first-order chi connectivity index (χ1) is 13.8. The summed E-state index contributed by atoms with van der Waals surface area (Å²) in [4.78, 5) is 32.6. The topological polar surface area (TPSA) is 84.0 Å². The maximum Gasteiger partial charge on any atom is 0.271 e. The van der Waals surface area contributed by atoms with Gasteiger partial charge in [0.25, 0.3) is 5.91 Å². The van der Waals surface area contributed by atoms with Crippen LogP contribution in [0.1, 0.15) is 34.0 Å². The highest BCUT2D eigenvalue weighted by atomic mass is 16.2. The van der Waals surface area contributed by atoms with Crippen LogP contribution < -0.4 is 10.6 Å². The van der Waals surface area contributed by atoms with Gasteiger partial charge in [-0.3, -0.25) is 14.6 Å². The molecule has 142 valence electrons. The molecule has 0 fully saturated rings. The molecule has 0 aliphatic heterocycles. The van der Waals surface area contributed by atoms with Crippen LogP contribution in [0.2, 0.25) is 0 Å². The predicted molar refractivity (Wildman–Crippen MR) is 107 cm³/mol. The molecular formula is C22H22N4O2. The zero-order valence-corrected chi connectivity index (χ0v) is 15.4. The number of carbonyl (C=O) groups excluding carboxylic acids is 2. The van der Waals surface area contributed by atoms with Crippen molar-refractivity contribution in [2.45, 2.75) is 12.3 Å². The maximum absolute atomic E-state index is 12.8. The van der Waals surface area contributed by atoms with Gasteiger partial charge in [0.2, 0.25) is 5.91 Å². The van der Waals surface area contributed by atoms with E-state index in [4.69, 9.17) is 0 Å². The smallest absolute Gasteiger partial charge is 0.271 e. The molecule has 6 heteroatoms. The van der Waals surface area contributed by atoms with Crippen molar-refractivity contribution in [3.05, 3.63) is 96.1 Å². The molecule has 0 bridgehead atoms. The van der Waals surface area contributed by atoms with Gasteiger partial charge >= 0.3 is 0 Å². The molecule has 2 amide bonds. The number of nitrogens with zero attached hydrogens (tertiary/aromatic N) is 2. The van der Waals surface area contributed by atoms with Gasteiger partial charge in [0.1, 0.15) is 5.69 Å². The first-order valence-electron chi connectivity index (χ1n) is 9.17. The summed E-state index contributed by atoms with van der Waals surface area (Å²) in [5.41, 5.74) is 2.17. The van der Waals surface area contributed by atoms with Gasteiger partial charge in [-0.15, -0.1) is 0 Å². The van der Waals surface area contributed by atoms with E-state index in [1.807, 2.05) is 60.7 Å². The van der Waals surface area contributed by atoms with E-state index in [2.05, 4.69) is 20.6 Å². The summed E-state index contributed by atoms with van der Waals surface area (Å²) in [6, 6.07) is 19.4. The van der Waals surface area contributed by atoms with Crippen molar-refractivity contribution in [3.63, 3.8) is 0 Å². The normalized spacial score (nSPS) is 10.5. The average Bonchev–Trinajstić information content (AvgIpc) is 2.76. The SMILES string of the molecule is O=C(NCCCNC(=O)C(c1ccccc1)c1ccccc1)c1cnccn1. The van der Waals surface area contributed by atoms with Gasteiger partial charge in [0.15, 0.2) is 0 Å². The Balaban J connectivity index is 1.52. The number of carbonyl (C=O) groups is 2. The Morgan fingerprint density at radius 1 is 0.821 bits per heavy atom. The molecule has 0 unspecified atom stereocenters. The Bertz CT molecular complexity index is 847. The van der Waals surface area contributed by atoms with Crippen LogP contribution in [0.3, 0.4) is 0 Å². The van der Waals surface area contributed by atoms with Crippen LogP contribution in [-0.4, -0.2) is 34.9 Å². The highest BCUT2D eigenvalue weighted by Crippen LogP contribution is 2.24. The van der Waals surface area contributed by atoms with Crippen molar-refractivity contribution in [1.82, 2.24) is 20.6 Å². The first kappa shape index (κ1) is 19.2. The van der Waals surface area contributed by atoms with Crippen LogP contribution >= 0.6 is 0 Å². The van der Waals surface area contributed by atoms with Gasteiger partial charge in [0, 0.05) is 25.5 Å². The molecule has 0 aliphatic carbocycles. The number of hydrogen-bond acceptors (Lipinski definition) is 4. The fourth-order valence-corrected chi connectivity index (χ4v) is 2.90. The van der Waals surface area contributed by atoms with E-state index in [1.54, 1.807) is 0 Å². The molecule has 2 N–H and O–H groups in total. The number of aromatic nitrogens is 2. The number of benzene rings is 2. The molecule has 3 aromatic rings. The Labute approximate surface area is 164 Å². The minimum Gasteiger partial charge on any atom is -0.355 e. The third kappa shape index (κ3) is 5.23. The van der Waals surface area contributed by atoms with Crippen LogP contribution in [-0.2, 0) is 4.79 Å².